The SMILES string of the molecule is Cc1ccc(Cl)c2c(Cl)cc(CC(C)C)nc12. The summed E-state index contributed by atoms with van der Waals surface area (Å²) in [6.07, 6.45) is 0.932. The molecule has 0 fully saturated rings. The van der Waals surface area contributed by atoms with E-state index in [1.54, 1.807) is 0 Å². The van der Waals surface area contributed by atoms with Crippen LogP contribution in [0.25, 0.3) is 10.9 Å². The van der Waals surface area contributed by atoms with E-state index in [0.717, 1.165) is 28.6 Å². The van der Waals surface area contributed by atoms with E-state index < -0.39 is 0 Å². The molecule has 3 heteroatoms. The summed E-state index contributed by atoms with van der Waals surface area (Å²) >= 11 is 12.5. The molecule has 1 nitrogen and oxygen atoms in total. The summed E-state index contributed by atoms with van der Waals surface area (Å²) in [6, 6.07) is 5.78. The first-order valence-electron chi connectivity index (χ1n) is 5.73. The molecule has 2 aromatic rings. The maximum Gasteiger partial charge on any atom is 0.0764 e. The normalized spacial score (nSPS) is 11.4. The van der Waals surface area contributed by atoms with E-state index in [1.165, 1.54) is 0 Å². The monoisotopic (exact) mass is 267 g/mol. The van der Waals surface area contributed by atoms with Gasteiger partial charge in [0.2, 0.25) is 0 Å². The van der Waals surface area contributed by atoms with Gasteiger partial charge in [-0.05, 0) is 37.0 Å². The third kappa shape index (κ3) is 2.56. The Balaban J connectivity index is 2.68. The highest BCUT2D eigenvalue weighted by atomic mass is 35.5. The molecule has 1 aromatic heterocycles. The Morgan fingerprint density at radius 1 is 1.18 bits per heavy atom. The molecule has 0 saturated carbocycles. The van der Waals surface area contributed by atoms with Gasteiger partial charge in [0.05, 0.1) is 15.6 Å². The number of halogens is 2. The topological polar surface area (TPSA) is 12.9 Å². The highest BCUT2D eigenvalue weighted by molar-refractivity contribution is 6.42. The summed E-state index contributed by atoms with van der Waals surface area (Å²) in [6.45, 7) is 6.37. The molecule has 0 saturated heterocycles. The average Bonchev–Trinajstić information content (AvgIpc) is 2.22. The van der Waals surface area contributed by atoms with Crippen LogP contribution in [-0.4, -0.2) is 4.98 Å². The van der Waals surface area contributed by atoms with Crippen LogP contribution in [0, 0.1) is 12.8 Å². The van der Waals surface area contributed by atoms with Crippen LogP contribution in [0.5, 0.6) is 0 Å². The summed E-state index contributed by atoms with van der Waals surface area (Å²) in [5.74, 6) is 0.565. The first-order valence-corrected chi connectivity index (χ1v) is 6.49. The number of hydrogen-bond acceptors (Lipinski definition) is 1. The minimum absolute atomic E-state index is 0.565. The third-order valence-corrected chi connectivity index (χ3v) is 3.35. The molecule has 0 atom stereocenters. The predicted molar refractivity (Wildman–Crippen MR) is 75.0 cm³/mol. The van der Waals surface area contributed by atoms with Gasteiger partial charge in [-0.15, -0.1) is 0 Å². The fourth-order valence-electron chi connectivity index (χ4n) is 1.96. The van der Waals surface area contributed by atoms with Crippen LogP contribution in [0.15, 0.2) is 18.2 Å². The number of pyridine rings is 1. The second-order valence-electron chi connectivity index (χ2n) is 4.78. The smallest absolute Gasteiger partial charge is 0.0764 e. The van der Waals surface area contributed by atoms with Crippen LogP contribution in [0.3, 0.4) is 0 Å². The molecule has 0 bridgehead atoms. The molecule has 0 unspecified atom stereocenters. The molecule has 0 N–H and O–H groups in total. The van der Waals surface area contributed by atoms with Crippen molar-refractivity contribution in [3.05, 3.63) is 39.5 Å². The number of nitrogens with zero attached hydrogens (tertiary/aromatic N) is 1. The Morgan fingerprint density at radius 2 is 1.88 bits per heavy atom. The molecule has 1 aromatic carbocycles. The van der Waals surface area contributed by atoms with Crippen molar-refractivity contribution in [1.29, 1.82) is 0 Å². The molecule has 1 heterocycles. The van der Waals surface area contributed by atoms with Crippen molar-refractivity contribution in [1.82, 2.24) is 4.98 Å². The van der Waals surface area contributed by atoms with Gasteiger partial charge in [-0.3, -0.25) is 4.98 Å². The van der Waals surface area contributed by atoms with Crippen LogP contribution >= 0.6 is 23.2 Å². The fourth-order valence-corrected chi connectivity index (χ4v) is 2.58. The second kappa shape index (κ2) is 4.83. The summed E-state index contributed by atoms with van der Waals surface area (Å²) in [5, 5.41) is 2.22. The molecular weight excluding hydrogens is 253 g/mol. The van der Waals surface area contributed by atoms with Gasteiger partial charge < -0.3 is 0 Å². The van der Waals surface area contributed by atoms with Crippen LogP contribution in [0.2, 0.25) is 10.0 Å². The van der Waals surface area contributed by atoms with Gasteiger partial charge in [-0.25, -0.2) is 0 Å². The van der Waals surface area contributed by atoms with Gasteiger partial charge in [0, 0.05) is 11.1 Å². The Kier molecular flexibility index (Phi) is 3.60. The van der Waals surface area contributed by atoms with Gasteiger partial charge >= 0.3 is 0 Å². The molecule has 0 spiro atoms. The quantitative estimate of drug-likeness (QED) is 0.742. The summed E-state index contributed by atoms with van der Waals surface area (Å²) < 4.78 is 0. The third-order valence-electron chi connectivity index (χ3n) is 2.73. The van der Waals surface area contributed by atoms with E-state index in [0.29, 0.717) is 16.0 Å². The average molecular weight is 268 g/mol. The lowest BCUT2D eigenvalue weighted by atomic mass is 10.1. The zero-order chi connectivity index (χ0) is 12.6. The summed E-state index contributed by atoms with van der Waals surface area (Å²) in [7, 11) is 0. The van der Waals surface area contributed by atoms with Gasteiger partial charge in [-0.1, -0.05) is 43.1 Å². The largest absolute Gasteiger partial charge is 0.252 e. The lowest BCUT2D eigenvalue weighted by molar-refractivity contribution is 0.637. The zero-order valence-electron chi connectivity index (χ0n) is 10.2. The molecule has 0 aliphatic heterocycles. The lowest BCUT2D eigenvalue weighted by Crippen LogP contribution is -1.98. The van der Waals surface area contributed by atoms with Crippen molar-refractivity contribution in [3.8, 4) is 0 Å². The molecule has 0 aliphatic carbocycles. The van der Waals surface area contributed by atoms with Gasteiger partial charge in [0.1, 0.15) is 0 Å². The standard InChI is InChI=1S/C14H15Cl2N/c1-8(2)6-10-7-12(16)13-11(15)5-4-9(3)14(13)17-10/h4-5,7-8H,6H2,1-3H3. The number of hydrogen-bond donors (Lipinski definition) is 0. The maximum atomic E-state index is 6.30. The number of aromatic nitrogens is 1. The van der Waals surface area contributed by atoms with Crippen LogP contribution in [0.1, 0.15) is 25.1 Å². The van der Waals surface area contributed by atoms with Crippen molar-refractivity contribution in [2.24, 2.45) is 5.92 Å². The molecule has 90 valence electrons. The van der Waals surface area contributed by atoms with Crippen molar-refractivity contribution < 1.29 is 0 Å². The van der Waals surface area contributed by atoms with Crippen LogP contribution < -0.4 is 0 Å². The number of benzene rings is 1. The first-order chi connectivity index (χ1) is 7.99. The van der Waals surface area contributed by atoms with Crippen LogP contribution in [0.4, 0.5) is 0 Å². The molecule has 17 heavy (non-hydrogen) atoms. The number of fused-ring (bicyclic) bond motifs is 1. The minimum Gasteiger partial charge on any atom is -0.252 e. The molecule has 0 radical (unpaired) electrons. The predicted octanol–water partition coefficient (Wildman–Crippen LogP) is 5.05. The lowest BCUT2D eigenvalue weighted by Gasteiger charge is -2.10. The molecule has 0 amide bonds. The highest BCUT2D eigenvalue weighted by Gasteiger charge is 2.10. The Bertz CT molecular complexity index is 562. The van der Waals surface area contributed by atoms with Crippen LogP contribution in [-0.2, 0) is 6.42 Å². The van der Waals surface area contributed by atoms with E-state index in [-0.39, 0.29) is 0 Å². The van der Waals surface area contributed by atoms with E-state index in [2.05, 4.69) is 18.8 Å². The van der Waals surface area contributed by atoms with Crippen molar-refractivity contribution in [2.75, 3.05) is 0 Å². The zero-order valence-corrected chi connectivity index (χ0v) is 11.7. The maximum absolute atomic E-state index is 6.30. The minimum atomic E-state index is 0.565. The second-order valence-corrected chi connectivity index (χ2v) is 5.60. The molecule has 0 aliphatic rings. The van der Waals surface area contributed by atoms with Gasteiger partial charge in [-0.2, -0.15) is 0 Å². The first kappa shape index (κ1) is 12.7. The molecule has 2 rings (SSSR count). The van der Waals surface area contributed by atoms with Gasteiger partial charge in [0.25, 0.3) is 0 Å². The van der Waals surface area contributed by atoms with Crippen molar-refractivity contribution >= 4 is 34.1 Å². The highest BCUT2D eigenvalue weighted by Crippen LogP contribution is 2.32. The molecular formula is C14H15Cl2N. The van der Waals surface area contributed by atoms with E-state index in [4.69, 9.17) is 23.2 Å². The Hall–Kier alpha value is -0.790. The van der Waals surface area contributed by atoms with E-state index in [9.17, 15) is 0 Å². The number of rotatable bonds is 2. The fraction of sp³-hybridized carbons (Fsp3) is 0.357. The number of aryl methyl sites for hydroxylation is 1. The van der Waals surface area contributed by atoms with E-state index >= 15 is 0 Å². The van der Waals surface area contributed by atoms with E-state index in [1.807, 2.05) is 25.1 Å². The Labute approximate surface area is 112 Å². The van der Waals surface area contributed by atoms with Crippen molar-refractivity contribution in [3.63, 3.8) is 0 Å². The summed E-state index contributed by atoms with van der Waals surface area (Å²) in [5.41, 5.74) is 3.06. The van der Waals surface area contributed by atoms with Crippen molar-refractivity contribution in [2.45, 2.75) is 27.2 Å². The summed E-state index contributed by atoms with van der Waals surface area (Å²) in [4.78, 5) is 4.67. The van der Waals surface area contributed by atoms with Gasteiger partial charge in [0.15, 0.2) is 0 Å². The Morgan fingerprint density at radius 3 is 2.53 bits per heavy atom.